The maximum atomic E-state index is 13.8. The van der Waals surface area contributed by atoms with Crippen molar-refractivity contribution in [3.63, 3.8) is 0 Å². The third-order valence-corrected chi connectivity index (χ3v) is 2.59. The van der Waals surface area contributed by atoms with Crippen molar-refractivity contribution in [2.24, 2.45) is 0 Å². The molecule has 0 radical (unpaired) electrons. The van der Waals surface area contributed by atoms with E-state index in [0.717, 1.165) is 12.1 Å². The lowest BCUT2D eigenvalue weighted by molar-refractivity contribution is -0.375. The minimum absolute atomic E-state index is 0.296. The molecule has 0 bridgehead atoms. The molecule has 0 aliphatic carbocycles. The molecule has 13 heteroatoms. The van der Waals surface area contributed by atoms with Gasteiger partial charge < -0.3 is 10.1 Å². The number of hydrogen-bond donors (Lipinski definition) is 1. The lowest BCUT2D eigenvalue weighted by Crippen LogP contribution is -2.66. The van der Waals surface area contributed by atoms with Gasteiger partial charge >= 0.3 is 30.7 Å². The number of alkyl halides is 11. The average Bonchev–Trinajstić information content (AvgIpc) is 2.37. The highest BCUT2D eigenvalue weighted by Crippen LogP contribution is 2.53. The molecule has 0 fully saturated rings. The van der Waals surface area contributed by atoms with E-state index in [2.05, 4.69) is 4.74 Å². The van der Waals surface area contributed by atoms with Crippen LogP contribution in [0.15, 0.2) is 24.3 Å². The van der Waals surface area contributed by atoms with E-state index in [1.807, 2.05) is 0 Å². The largest absolute Gasteiger partial charge is 0.459 e. The van der Waals surface area contributed by atoms with Crippen LogP contribution in [0.25, 0.3) is 0 Å². The zero-order valence-electron chi connectivity index (χ0n) is 11.0. The van der Waals surface area contributed by atoms with Gasteiger partial charge in [0.15, 0.2) is 0 Å². The van der Waals surface area contributed by atoms with Crippen LogP contribution in [-0.2, 0) is 0 Å². The number of halogens is 11. The van der Waals surface area contributed by atoms with E-state index in [1.54, 1.807) is 0 Å². The van der Waals surface area contributed by atoms with E-state index < -0.39 is 42.1 Å². The summed E-state index contributed by atoms with van der Waals surface area (Å²) >= 11 is 0. The van der Waals surface area contributed by atoms with E-state index in [1.165, 1.54) is 0 Å². The van der Waals surface area contributed by atoms with Gasteiger partial charge in [0.25, 0.3) is 0 Å². The molecule has 0 aliphatic heterocycles. The maximum Gasteiger partial charge on any atom is 0.459 e. The Kier molecular flexibility index (Phi) is 5.16. The Morgan fingerprint density at radius 2 is 1.29 bits per heavy atom. The Bertz CT molecular complexity index is 568. The lowest BCUT2D eigenvalue weighted by atomic mass is 10.1. The molecule has 0 spiro atoms. The second-order valence-electron chi connectivity index (χ2n) is 4.23. The number of rotatable bonds is 5. The highest BCUT2D eigenvalue weighted by Gasteiger charge is 2.81. The minimum Gasteiger partial charge on any atom is -0.433 e. The molecule has 1 N–H and O–H groups in total. The molecule has 1 atom stereocenters. The van der Waals surface area contributed by atoms with E-state index in [4.69, 9.17) is 0 Å². The summed E-state index contributed by atoms with van der Waals surface area (Å²) in [5.74, 6) is -14.5. The van der Waals surface area contributed by atoms with Gasteiger partial charge in [-0.15, -0.1) is 0 Å². The SMILES string of the molecule is FC(F)Oc1ccccc1NC(F)(C(F)(F)F)C(F)(F)C(F)(F)F. The first kappa shape index (κ1) is 20.1. The maximum absolute atomic E-state index is 13.8. The molecule has 0 amide bonds. The number of anilines is 1. The van der Waals surface area contributed by atoms with Crippen LogP contribution in [0, 0.1) is 0 Å². The summed E-state index contributed by atoms with van der Waals surface area (Å²) in [6.45, 7) is -3.66. The van der Waals surface area contributed by atoms with Gasteiger partial charge in [-0.25, -0.2) is 4.39 Å². The quantitative estimate of drug-likeness (QED) is 0.568. The molecule has 0 saturated heterocycles. The number of ether oxygens (including phenoxy) is 1. The Morgan fingerprint density at radius 3 is 1.71 bits per heavy atom. The van der Waals surface area contributed by atoms with Crippen LogP contribution in [-0.4, -0.2) is 30.7 Å². The number of benzene rings is 1. The third kappa shape index (κ3) is 3.59. The summed E-state index contributed by atoms with van der Waals surface area (Å²) < 4.78 is 142. The van der Waals surface area contributed by atoms with Gasteiger partial charge in [0.05, 0.1) is 5.69 Å². The van der Waals surface area contributed by atoms with E-state index in [0.29, 0.717) is 17.4 Å². The first-order valence-electron chi connectivity index (χ1n) is 5.65. The Labute approximate surface area is 126 Å². The normalized spacial score (nSPS) is 16.0. The van der Waals surface area contributed by atoms with Gasteiger partial charge in [-0.05, 0) is 12.1 Å². The van der Waals surface area contributed by atoms with Gasteiger partial charge in [0.2, 0.25) is 0 Å². The minimum atomic E-state index is -6.93. The van der Waals surface area contributed by atoms with Crippen molar-refractivity contribution >= 4 is 5.69 Å². The summed E-state index contributed by atoms with van der Waals surface area (Å²) in [7, 11) is 0. The van der Waals surface area contributed by atoms with Gasteiger partial charge in [-0.1, -0.05) is 12.1 Å². The predicted molar refractivity (Wildman–Crippen MR) is 57.6 cm³/mol. The standard InChI is InChI=1S/C11H6F11NO/c12-7(13)24-6-4-2-1-3-5(6)23-9(16,11(20,21)22)8(14,15)10(17,18)19/h1-4,7,23H. The van der Waals surface area contributed by atoms with E-state index >= 15 is 0 Å². The molecule has 24 heavy (non-hydrogen) atoms. The van der Waals surface area contributed by atoms with Gasteiger partial charge in [-0.3, -0.25) is 0 Å². The van der Waals surface area contributed by atoms with Crippen molar-refractivity contribution in [1.29, 1.82) is 0 Å². The van der Waals surface area contributed by atoms with Crippen LogP contribution in [0.3, 0.4) is 0 Å². The first-order valence-corrected chi connectivity index (χ1v) is 5.65. The Morgan fingerprint density at radius 1 is 0.792 bits per heavy atom. The first-order chi connectivity index (χ1) is 10.6. The summed E-state index contributed by atoms with van der Waals surface area (Å²) in [6.07, 6.45) is -13.7. The van der Waals surface area contributed by atoms with Crippen molar-refractivity contribution in [3.8, 4) is 5.75 Å². The lowest BCUT2D eigenvalue weighted by Gasteiger charge is -2.36. The summed E-state index contributed by atoms with van der Waals surface area (Å²) in [6, 6.07) is 2.52. The summed E-state index contributed by atoms with van der Waals surface area (Å²) in [5, 5.41) is 0.296. The van der Waals surface area contributed by atoms with E-state index in [9.17, 15) is 48.3 Å². The molecule has 1 unspecified atom stereocenters. The van der Waals surface area contributed by atoms with Gasteiger partial charge in [0.1, 0.15) is 5.75 Å². The van der Waals surface area contributed by atoms with Crippen LogP contribution in [0.5, 0.6) is 5.75 Å². The number of hydrogen-bond acceptors (Lipinski definition) is 2. The third-order valence-electron chi connectivity index (χ3n) is 2.59. The highest BCUT2D eigenvalue weighted by atomic mass is 19.4. The molecule has 0 aliphatic rings. The van der Waals surface area contributed by atoms with Crippen molar-refractivity contribution in [2.45, 2.75) is 30.7 Å². The van der Waals surface area contributed by atoms with Crippen molar-refractivity contribution in [1.82, 2.24) is 0 Å². The van der Waals surface area contributed by atoms with Crippen molar-refractivity contribution < 1.29 is 53.0 Å². The fourth-order valence-corrected chi connectivity index (χ4v) is 1.48. The monoisotopic (exact) mass is 377 g/mol. The van der Waals surface area contributed by atoms with Crippen LogP contribution >= 0.6 is 0 Å². The molecule has 0 aromatic heterocycles. The van der Waals surface area contributed by atoms with Crippen molar-refractivity contribution in [3.05, 3.63) is 24.3 Å². The molecule has 0 heterocycles. The van der Waals surface area contributed by atoms with Crippen LogP contribution in [0.2, 0.25) is 0 Å². The fraction of sp³-hybridized carbons (Fsp3) is 0.455. The predicted octanol–water partition coefficient (Wildman–Crippen LogP) is 5.13. The second kappa shape index (κ2) is 6.16. The molecule has 138 valence electrons. The zero-order valence-corrected chi connectivity index (χ0v) is 11.0. The summed E-state index contributed by atoms with van der Waals surface area (Å²) in [4.78, 5) is 0. The molecule has 1 aromatic carbocycles. The van der Waals surface area contributed by atoms with Crippen LogP contribution in [0.1, 0.15) is 0 Å². The number of nitrogens with one attached hydrogen (secondary N) is 1. The Balaban J connectivity index is 3.42. The Hall–Kier alpha value is -1.95. The smallest absolute Gasteiger partial charge is 0.433 e. The molecule has 1 rings (SSSR count). The highest BCUT2D eigenvalue weighted by molar-refractivity contribution is 5.58. The molecule has 2 nitrogen and oxygen atoms in total. The van der Waals surface area contributed by atoms with Crippen LogP contribution in [0.4, 0.5) is 54.0 Å². The molecule has 0 saturated carbocycles. The second-order valence-corrected chi connectivity index (χ2v) is 4.23. The summed E-state index contributed by atoms with van der Waals surface area (Å²) in [5.41, 5.74) is -1.48. The topological polar surface area (TPSA) is 21.3 Å². The fourth-order valence-electron chi connectivity index (χ4n) is 1.48. The van der Waals surface area contributed by atoms with E-state index in [-0.39, 0.29) is 0 Å². The average molecular weight is 377 g/mol. The molecular weight excluding hydrogens is 371 g/mol. The van der Waals surface area contributed by atoms with Crippen molar-refractivity contribution in [2.75, 3.05) is 5.32 Å². The zero-order chi connectivity index (χ0) is 19.0. The molecule has 1 aromatic rings. The molecular formula is C11H6F11NO. The van der Waals surface area contributed by atoms with Crippen LogP contribution < -0.4 is 10.1 Å². The van der Waals surface area contributed by atoms with Gasteiger partial charge in [0, 0.05) is 0 Å². The van der Waals surface area contributed by atoms with Gasteiger partial charge in [-0.2, -0.15) is 43.9 Å². The number of para-hydroxylation sites is 2.